The summed E-state index contributed by atoms with van der Waals surface area (Å²) in [5.41, 5.74) is 0.797. The van der Waals surface area contributed by atoms with Crippen LogP contribution in [0.2, 0.25) is 5.02 Å². The molecule has 0 amide bonds. The summed E-state index contributed by atoms with van der Waals surface area (Å²) in [7, 11) is 0. The molecule has 1 heterocycles. The van der Waals surface area contributed by atoms with Crippen molar-refractivity contribution in [1.29, 1.82) is 0 Å². The molecule has 0 aliphatic carbocycles. The lowest BCUT2D eigenvalue weighted by Gasteiger charge is -2.27. The van der Waals surface area contributed by atoms with E-state index in [1.165, 1.54) is 0 Å². The zero-order valence-corrected chi connectivity index (χ0v) is 8.08. The van der Waals surface area contributed by atoms with Gasteiger partial charge in [-0.05, 0) is 25.1 Å². The minimum absolute atomic E-state index is 0.0728. The van der Waals surface area contributed by atoms with Crippen LogP contribution in [0.1, 0.15) is 25.0 Å². The van der Waals surface area contributed by atoms with E-state index in [9.17, 15) is 5.11 Å². The molecule has 1 N–H and O–H groups in total. The van der Waals surface area contributed by atoms with Crippen molar-refractivity contribution in [2.45, 2.75) is 25.6 Å². The standard InChI is InChI=1S/C10H11ClO2/c1-6-4-9(12)8-5-7(11)2-3-10(8)13-6/h2-3,5-6,9,12H,4H2,1H3/t6?,9-/m0/s1. The number of aliphatic hydroxyl groups excluding tert-OH is 1. The molecule has 70 valence electrons. The molecule has 2 atom stereocenters. The van der Waals surface area contributed by atoms with Crippen LogP contribution in [-0.4, -0.2) is 11.2 Å². The quantitative estimate of drug-likeness (QED) is 0.694. The van der Waals surface area contributed by atoms with E-state index in [0.717, 1.165) is 11.3 Å². The maximum Gasteiger partial charge on any atom is 0.125 e. The first-order valence-electron chi connectivity index (χ1n) is 4.31. The molecule has 0 aromatic heterocycles. The van der Waals surface area contributed by atoms with Crippen molar-refractivity contribution >= 4 is 11.6 Å². The fourth-order valence-corrected chi connectivity index (χ4v) is 1.77. The number of rotatable bonds is 0. The average Bonchev–Trinajstić information content (AvgIpc) is 2.06. The topological polar surface area (TPSA) is 29.5 Å². The zero-order valence-electron chi connectivity index (χ0n) is 7.33. The van der Waals surface area contributed by atoms with Crippen LogP contribution in [-0.2, 0) is 0 Å². The highest BCUT2D eigenvalue weighted by atomic mass is 35.5. The van der Waals surface area contributed by atoms with Gasteiger partial charge in [0.1, 0.15) is 5.75 Å². The van der Waals surface area contributed by atoms with Crippen molar-refractivity contribution in [3.05, 3.63) is 28.8 Å². The summed E-state index contributed by atoms with van der Waals surface area (Å²) in [5.74, 6) is 0.746. The molecule has 1 aromatic rings. The number of aliphatic hydroxyl groups is 1. The molecular weight excluding hydrogens is 188 g/mol. The van der Waals surface area contributed by atoms with Crippen molar-refractivity contribution in [2.75, 3.05) is 0 Å². The Morgan fingerprint density at radius 3 is 3.08 bits per heavy atom. The Bertz CT molecular complexity index is 325. The van der Waals surface area contributed by atoms with Gasteiger partial charge in [0.15, 0.2) is 0 Å². The van der Waals surface area contributed by atoms with Gasteiger partial charge >= 0.3 is 0 Å². The lowest BCUT2D eigenvalue weighted by atomic mass is 10.00. The van der Waals surface area contributed by atoms with Crippen LogP contribution in [0.4, 0.5) is 0 Å². The van der Waals surface area contributed by atoms with E-state index in [2.05, 4.69) is 0 Å². The van der Waals surface area contributed by atoms with Crippen molar-refractivity contribution in [2.24, 2.45) is 0 Å². The van der Waals surface area contributed by atoms with E-state index in [-0.39, 0.29) is 6.10 Å². The van der Waals surface area contributed by atoms with Gasteiger partial charge in [-0.2, -0.15) is 0 Å². The van der Waals surface area contributed by atoms with E-state index in [1.807, 2.05) is 6.92 Å². The normalized spacial score (nSPS) is 26.4. The SMILES string of the molecule is CC1C[C@H](O)c2cc(Cl)ccc2O1. The second-order valence-electron chi connectivity index (χ2n) is 3.36. The van der Waals surface area contributed by atoms with Crippen LogP contribution in [0.25, 0.3) is 0 Å². The van der Waals surface area contributed by atoms with Crippen LogP contribution in [0.5, 0.6) is 5.75 Å². The molecule has 2 nitrogen and oxygen atoms in total. The molecule has 13 heavy (non-hydrogen) atoms. The molecule has 1 aliphatic heterocycles. The number of hydrogen-bond acceptors (Lipinski definition) is 2. The molecule has 1 aliphatic rings. The van der Waals surface area contributed by atoms with Crippen molar-refractivity contribution < 1.29 is 9.84 Å². The maximum absolute atomic E-state index is 9.72. The first kappa shape index (κ1) is 8.85. The van der Waals surface area contributed by atoms with E-state index >= 15 is 0 Å². The smallest absolute Gasteiger partial charge is 0.125 e. The monoisotopic (exact) mass is 198 g/mol. The number of ether oxygens (including phenoxy) is 1. The predicted molar refractivity (Wildman–Crippen MR) is 51.1 cm³/mol. The van der Waals surface area contributed by atoms with Gasteiger partial charge in [0.05, 0.1) is 12.2 Å². The summed E-state index contributed by atoms with van der Waals surface area (Å²) in [6, 6.07) is 5.33. The maximum atomic E-state index is 9.72. The molecule has 0 radical (unpaired) electrons. The Labute approximate surface area is 82.1 Å². The second-order valence-corrected chi connectivity index (χ2v) is 3.80. The van der Waals surface area contributed by atoms with E-state index in [1.54, 1.807) is 18.2 Å². The summed E-state index contributed by atoms with van der Waals surface area (Å²) < 4.78 is 5.54. The van der Waals surface area contributed by atoms with Crippen LogP contribution in [0.3, 0.4) is 0 Å². The molecule has 0 bridgehead atoms. The largest absolute Gasteiger partial charge is 0.490 e. The van der Waals surface area contributed by atoms with Gasteiger partial charge in [0.25, 0.3) is 0 Å². The third-order valence-electron chi connectivity index (χ3n) is 2.21. The van der Waals surface area contributed by atoms with Crippen LogP contribution < -0.4 is 4.74 Å². The highest BCUT2D eigenvalue weighted by Crippen LogP contribution is 2.35. The molecule has 1 aromatic carbocycles. The predicted octanol–water partition coefficient (Wildman–Crippen LogP) is 2.54. The van der Waals surface area contributed by atoms with E-state index in [4.69, 9.17) is 16.3 Å². The highest BCUT2D eigenvalue weighted by Gasteiger charge is 2.23. The van der Waals surface area contributed by atoms with Gasteiger partial charge in [-0.3, -0.25) is 0 Å². The minimum Gasteiger partial charge on any atom is -0.490 e. The van der Waals surface area contributed by atoms with Crippen LogP contribution >= 0.6 is 11.6 Å². The van der Waals surface area contributed by atoms with Gasteiger partial charge < -0.3 is 9.84 Å². The van der Waals surface area contributed by atoms with Crippen molar-refractivity contribution in [3.63, 3.8) is 0 Å². The van der Waals surface area contributed by atoms with Gasteiger partial charge in [-0.1, -0.05) is 11.6 Å². The van der Waals surface area contributed by atoms with Crippen molar-refractivity contribution in [1.82, 2.24) is 0 Å². The van der Waals surface area contributed by atoms with Crippen LogP contribution in [0, 0.1) is 0 Å². The van der Waals surface area contributed by atoms with E-state index in [0.29, 0.717) is 11.4 Å². The van der Waals surface area contributed by atoms with Gasteiger partial charge in [-0.15, -0.1) is 0 Å². The number of hydrogen-bond donors (Lipinski definition) is 1. The lowest BCUT2D eigenvalue weighted by Crippen LogP contribution is -2.22. The third kappa shape index (κ3) is 1.64. The average molecular weight is 199 g/mol. The summed E-state index contributed by atoms with van der Waals surface area (Å²) in [5, 5.41) is 10.4. The molecule has 2 rings (SSSR count). The molecular formula is C10H11ClO2. The molecule has 1 unspecified atom stereocenters. The lowest BCUT2D eigenvalue weighted by molar-refractivity contribution is 0.0749. The number of fused-ring (bicyclic) bond motifs is 1. The Balaban J connectivity index is 2.43. The van der Waals surface area contributed by atoms with E-state index < -0.39 is 6.10 Å². The summed E-state index contributed by atoms with van der Waals surface area (Å²) in [6.07, 6.45) is 0.258. The summed E-state index contributed by atoms with van der Waals surface area (Å²) in [6.45, 7) is 1.95. The third-order valence-corrected chi connectivity index (χ3v) is 2.45. The molecule has 0 saturated heterocycles. The molecule has 0 fully saturated rings. The van der Waals surface area contributed by atoms with Crippen LogP contribution in [0.15, 0.2) is 18.2 Å². The zero-order chi connectivity index (χ0) is 9.42. The summed E-state index contributed by atoms with van der Waals surface area (Å²) >= 11 is 5.81. The van der Waals surface area contributed by atoms with Gasteiger partial charge in [-0.25, -0.2) is 0 Å². The molecule has 3 heteroatoms. The van der Waals surface area contributed by atoms with Gasteiger partial charge in [0.2, 0.25) is 0 Å². The Kier molecular flexibility index (Phi) is 2.18. The fourth-order valence-electron chi connectivity index (χ4n) is 1.59. The first-order chi connectivity index (χ1) is 6.16. The van der Waals surface area contributed by atoms with Crippen molar-refractivity contribution in [3.8, 4) is 5.75 Å². The molecule has 0 spiro atoms. The second kappa shape index (κ2) is 3.20. The Hall–Kier alpha value is -0.730. The fraction of sp³-hybridized carbons (Fsp3) is 0.400. The number of halogens is 1. The Morgan fingerprint density at radius 2 is 2.31 bits per heavy atom. The number of benzene rings is 1. The van der Waals surface area contributed by atoms with Gasteiger partial charge in [0, 0.05) is 17.0 Å². The molecule has 0 saturated carbocycles. The summed E-state index contributed by atoms with van der Waals surface area (Å²) in [4.78, 5) is 0. The highest BCUT2D eigenvalue weighted by molar-refractivity contribution is 6.30. The minimum atomic E-state index is -0.447. The first-order valence-corrected chi connectivity index (χ1v) is 4.69. The Morgan fingerprint density at radius 1 is 1.54 bits per heavy atom.